The van der Waals surface area contributed by atoms with E-state index in [4.69, 9.17) is 32.7 Å². The van der Waals surface area contributed by atoms with Crippen molar-refractivity contribution in [3.05, 3.63) is 56.3 Å². The van der Waals surface area contributed by atoms with Gasteiger partial charge in [-0.3, -0.25) is 9.59 Å². The number of esters is 2. The van der Waals surface area contributed by atoms with Crippen LogP contribution in [0.1, 0.15) is 37.7 Å². The third-order valence-electron chi connectivity index (χ3n) is 3.80. The van der Waals surface area contributed by atoms with E-state index in [1.165, 1.54) is 7.11 Å². The Balaban J connectivity index is 2.01. The molecule has 8 heteroatoms. The topological polar surface area (TPSA) is 85.5 Å². The first kappa shape index (κ1) is 20.0. The van der Waals surface area contributed by atoms with Gasteiger partial charge in [0.1, 0.15) is 0 Å². The normalized spacial score (nSPS) is 10.5. The molecule has 0 aliphatic rings. The van der Waals surface area contributed by atoms with Gasteiger partial charge in [0.25, 0.3) is 0 Å². The van der Waals surface area contributed by atoms with Gasteiger partial charge < -0.3 is 14.5 Å². The molecule has 0 amide bonds. The molecule has 2 rings (SSSR count). The lowest BCUT2D eigenvalue weighted by Gasteiger charge is -2.05. The zero-order valence-corrected chi connectivity index (χ0v) is 16.0. The van der Waals surface area contributed by atoms with Gasteiger partial charge in [0, 0.05) is 5.69 Å². The van der Waals surface area contributed by atoms with Crippen molar-refractivity contribution in [1.82, 2.24) is 4.98 Å². The minimum atomic E-state index is -0.578. The predicted molar refractivity (Wildman–Crippen MR) is 97.1 cm³/mol. The quantitative estimate of drug-likeness (QED) is 0.593. The van der Waals surface area contributed by atoms with Crippen LogP contribution in [0.5, 0.6) is 0 Å². The lowest BCUT2D eigenvalue weighted by molar-refractivity contribution is -0.141. The molecule has 26 heavy (non-hydrogen) atoms. The van der Waals surface area contributed by atoms with Crippen LogP contribution in [-0.2, 0) is 20.7 Å². The van der Waals surface area contributed by atoms with Crippen molar-refractivity contribution < 1.29 is 23.9 Å². The highest BCUT2D eigenvalue weighted by Gasteiger charge is 2.23. The molecule has 138 valence electrons. The molecule has 1 N–H and O–H groups in total. The predicted octanol–water partition coefficient (Wildman–Crippen LogP) is 3.69. The minimum Gasteiger partial charge on any atom is -0.465 e. The molecule has 0 aliphatic heterocycles. The number of rotatable bonds is 6. The fourth-order valence-electron chi connectivity index (χ4n) is 2.52. The van der Waals surface area contributed by atoms with Crippen LogP contribution in [0.4, 0.5) is 0 Å². The van der Waals surface area contributed by atoms with Crippen LogP contribution in [0, 0.1) is 13.8 Å². The molecule has 2 aromatic rings. The number of halogens is 2. The summed E-state index contributed by atoms with van der Waals surface area (Å²) in [6.45, 7) is 2.84. The van der Waals surface area contributed by atoms with Gasteiger partial charge in [-0.2, -0.15) is 0 Å². The third kappa shape index (κ3) is 4.45. The molecule has 6 nitrogen and oxygen atoms in total. The van der Waals surface area contributed by atoms with E-state index in [9.17, 15) is 14.4 Å². The number of H-pyrrole nitrogens is 1. The SMILES string of the molecule is COC(=O)c1c(C)[nH]c(C(=O)COC(=O)Cc2ccc(Cl)c(Cl)c2)c1C. The van der Waals surface area contributed by atoms with E-state index in [0.717, 1.165) is 0 Å². The maximum atomic E-state index is 12.3. The van der Waals surface area contributed by atoms with Gasteiger partial charge in [0.15, 0.2) is 6.61 Å². The van der Waals surface area contributed by atoms with Crippen LogP contribution >= 0.6 is 23.2 Å². The summed E-state index contributed by atoms with van der Waals surface area (Å²) in [5.74, 6) is -1.55. The third-order valence-corrected chi connectivity index (χ3v) is 4.54. The Bertz CT molecular complexity index is 873. The molecule has 0 spiro atoms. The highest BCUT2D eigenvalue weighted by Crippen LogP contribution is 2.23. The van der Waals surface area contributed by atoms with Crippen LogP contribution in [0.2, 0.25) is 10.0 Å². The summed E-state index contributed by atoms with van der Waals surface area (Å²) >= 11 is 11.7. The lowest BCUT2D eigenvalue weighted by atomic mass is 10.1. The number of aromatic nitrogens is 1. The minimum absolute atomic E-state index is 0.0414. The zero-order valence-electron chi connectivity index (χ0n) is 14.4. The Morgan fingerprint density at radius 3 is 2.42 bits per heavy atom. The van der Waals surface area contributed by atoms with Crippen molar-refractivity contribution in [1.29, 1.82) is 0 Å². The second-order valence-corrected chi connectivity index (χ2v) is 6.44. The second kappa shape index (κ2) is 8.38. The number of carbonyl (C=O) groups is 3. The average Bonchev–Trinajstić information content (AvgIpc) is 2.90. The fraction of sp³-hybridized carbons (Fsp3) is 0.278. The van der Waals surface area contributed by atoms with Gasteiger partial charge in [0.2, 0.25) is 5.78 Å². The summed E-state index contributed by atoms with van der Waals surface area (Å²) in [5, 5.41) is 0.721. The summed E-state index contributed by atoms with van der Waals surface area (Å²) in [6.07, 6.45) is -0.0414. The van der Waals surface area contributed by atoms with Crippen molar-refractivity contribution in [3.8, 4) is 0 Å². The highest BCUT2D eigenvalue weighted by molar-refractivity contribution is 6.42. The summed E-state index contributed by atoms with van der Waals surface area (Å²) in [4.78, 5) is 38.8. The van der Waals surface area contributed by atoms with E-state index in [0.29, 0.717) is 32.4 Å². The number of ether oxygens (including phenoxy) is 2. The van der Waals surface area contributed by atoms with E-state index in [-0.39, 0.29) is 12.1 Å². The van der Waals surface area contributed by atoms with Crippen molar-refractivity contribution >= 4 is 40.9 Å². The van der Waals surface area contributed by atoms with Gasteiger partial charge in [0.05, 0.1) is 34.8 Å². The van der Waals surface area contributed by atoms with Crippen LogP contribution in [0.3, 0.4) is 0 Å². The Hall–Kier alpha value is -2.31. The van der Waals surface area contributed by atoms with Gasteiger partial charge in [-0.15, -0.1) is 0 Å². The number of aromatic amines is 1. The standard InChI is InChI=1S/C18H17Cl2NO5/c1-9-16(18(24)25-3)10(2)21-17(9)14(22)8-26-15(23)7-11-4-5-12(19)13(20)6-11/h4-6,21H,7-8H2,1-3H3. The Kier molecular flexibility index (Phi) is 6.45. The summed E-state index contributed by atoms with van der Waals surface area (Å²) < 4.78 is 9.72. The van der Waals surface area contributed by atoms with Gasteiger partial charge in [-0.05, 0) is 37.1 Å². The molecule has 0 aliphatic carbocycles. The first-order valence-corrected chi connectivity index (χ1v) is 8.40. The first-order valence-electron chi connectivity index (χ1n) is 7.64. The van der Waals surface area contributed by atoms with Crippen molar-refractivity contribution in [2.75, 3.05) is 13.7 Å². The molecule has 0 fully saturated rings. The first-order chi connectivity index (χ1) is 12.2. The van der Waals surface area contributed by atoms with E-state index in [1.54, 1.807) is 32.0 Å². The number of aryl methyl sites for hydroxylation is 1. The Morgan fingerprint density at radius 1 is 1.12 bits per heavy atom. The second-order valence-electron chi connectivity index (χ2n) is 5.63. The molecule has 0 saturated carbocycles. The number of methoxy groups -OCH3 is 1. The van der Waals surface area contributed by atoms with Crippen molar-refractivity contribution in [2.24, 2.45) is 0 Å². The fourth-order valence-corrected chi connectivity index (χ4v) is 2.84. The van der Waals surface area contributed by atoms with Crippen molar-refractivity contribution in [3.63, 3.8) is 0 Å². The number of benzene rings is 1. The Labute approximate surface area is 160 Å². The Morgan fingerprint density at radius 2 is 1.81 bits per heavy atom. The zero-order chi connectivity index (χ0) is 19.4. The number of nitrogens with one attached hydrogen (secondary N) is 1. The molecule has 0 saturated heterocycles. The smallest absolute Gasteiger partial charge is 0.339 e. The summed E-state index contributed by atoms with van der Waals surface area (Å²) in [5.41, 5.74) is 2.11. The van der Waals surface area contributed by atoms with Crippen LogP contribution < -0.4 is 0 Å². The average molecular weight is 398 g/mol. The molecule has 0 atom stereocenters. The molecule has 1 heterocycles. The van der Waals surface area contributed by atoms with E-state index < -0.39 is 24.3 Å². The molecule has 1 aromatic heterocycles. The maximum absolute atomic E-state index is 12.3. The maximum Gasteiger partial charge on any atom is 0.339 e. The summed E-state index contributed by atoms with van der Waals surface area (Å²) in [7, 11) is 1.26. The van der Waals surface area contributed by atoms with E-state index >= 15 is 0 Å². The van der Waals surface area contributed by atoms with Crippen LogP contribution in [-0.4, -0.2) is 36.4 Å². The lowest BCUT2D eigenvalue weighted by Crippen LogP contribution is -2.17. The number of ketones is 1. The molecule has 1 aromatic carbocycles. The van der Waals surface area contributed by atoms with E-state index in [2.05, 4.69) is 4.98 Å². The molecule has 0 unspecified atom stereocenters. The number of carbonyl (C=O) groups excluding carboxylic acids is 3. The van der Waals surface area contributed by atoms with E-state index in [1.807, 2.05) is 0 Å². The molecule has 0 bridgehead atoms. The molecular weight excluding hydrogens is 381 g/mol. The number of Topliss-reactive ketones (excluding diaryl/α,β-unsaturated/α-hetero) is 1. The number of hydrogen-bond donors (Lipinski definition) is 1. The van der Waals surface area contributed by atoms with Crippen LogP contribution in [0.15, 0.2) is 18.2 Å². The number of hydrogen-bond acceptors (Lipinski definition) is 5. The van der Waals surface area contributed by atoms with Gasteiger partial charge in [-0.25, -0.2) is 4.79 Å². The van der Waals surface area contributed by atoms with Crippen LogP contribution in [0.25, 0.3) is 0 Å². The van der Waals surface area contributed by atoms with Gasteiger partial charge in [-0.1, -0.05) is 29.3 Å². The largest absolute Gasteiger partial charge is 0.465 e. The highest BCUT2D eigenvalue weighted by atomic mass is 35.5. The summed E-state index contributed by atoms with van der Waals surface area (Å²) in [6, 6.07) is 4.80. The van der Waals surface area contributed by atoms with Crippen molar-refractivity contribution in [2.45, 2.75) is 20.3 Å². The molecule has 0 radical (unpaired) electrons. The monoisotopic (exact) mass is 397 g/mol. The van der Waals surface area contributed by atoms with Gasteiger partial charge >= 0.3 is 11.9 Å². The molecular formula is C18H17Cl2NO5.